The monoisotopic (exact) mass is 255 g/mol. The van der Waals surface area contributed by atoms with Crippen LogP contribution >= 0.6 is 11.6 Å². The average Bonchev–Trinajstić information content (AvgIpc) is 2.27. The predicted molar refractivity (Wildman–Crippen MR) is 71.2 cm³/mol. The lowest BCUT2D eigenvalue weighted by atomic mass is 9.98. The Balaban J connectivity index is 3.34. The molecule has 0 amide bonds. The van der Waals surface area contributed by atoms with E-state index in [1.54, 1.807) is 18.2 Å². The minimum absolute atomic E-state index is 0.144. The molecule has 0 heterocycles. The molecule has 0 aliphatic rings. The van der Waals surface area contributed by atoms with Crippen LogP contribution in [-0.2, 0) is 0 Å². The first-order valence-electron chi connectivity index (χ1n) is 5.57. The second-order valence-corrected chi connectivity index (χ2v) is 5.07. The second kappa shape index (κ2) is 4.96. The van der Waals surface area contributed by atoms with Crippen LogP contribution in [0.1, 0.15) is 37.6 Å². The summed E-state index contributed by atoms with van der Waals surface area (Å²) in [6.45, 7) is 6.18. The average molecular weight is 256 g/mol. The minimum atomic E-state index is -0.957. The zero-order valence-corrected chi connectivity index (χ0v) is 11.4. The number of hydrogen-bond donors (Lipinski definition) is 1. The molecule has 1 N–H and O–H groups in total. The summed E-state index contributed by atoms with van der Waals surface area (Å²) in [5.74, 6) is -0.957. The number of nitrogens with zero attached hydrogens (tertiary/aromatic N) is 1. The van der Waals surface area contributed by atoms with Crippen molar-refractivity contribution in [3.63, 3.8) is 0 Å². The highest BCUT2D eigenvalue weighted by Gasteiger charge is 2.26. The van der Waals surface area contributed by atoms with Gasteiger partial charge in [-0.3, -0.25) is 0 Å². The van der Waals surface area contributed by atoms with Crippen LogP contribution in [0.2, 0.25) is 5.02 Å². The maximum absolute atomic E-state index is 11.2. The first kappa shape index (κ1) is 13.8. The first-order chi connectivity index (χ1) is 7.81. The van der Waals surface area contributed by atoms with Gasteiger partial charge in [0, 0.05) is 12.6 Å². The molecule has 17 heavy (non-hydrogen) atoms. The van der Waals surface area contributed by atoms with Crippen molar-refractivity contribution in [3.8, 4) is 0 Å². The Bertz CT molecular complexity index is 429. The molecule has 1 aromatic carbocycles. The highest BCUT2D eigenvalue weighted by Crippen LogP contribution is 2.34. The lowest BCUT2D eigenvalue weighted by Gasteiger charge is -2.38. The molecule has 94 valence electrons. The number of para-hydroxylation sites is 1. The number of carbonyl (C=O) groups is 1. The van der Waals surface area contributed by atoms with Crippen molar-refractivity contribution >= 4 is 23.3 Å². The van der Waals surface area contributed by atoms with E-state index in [2.05, 4.69) is 20.8 Å². The zero-order chi connectivity index (χ0) is 13.2. The number of carboxylic acid groups (broad SMARTS) is 1. The molecule has 3 nitrogen and oxygen atoms in total. The second-order valence-electron chi connectivity index (χ2n) is 4.67. The van der Waals surface area contributed by atoms with Gasteiger partial charge in [-0.05, 0) is 32.4 Å². The van der Waals surface area contributed by atoms with E-state index >= 15 is 0 Å². The fraction of sp³-hybridized carbons (Fsp3) is 0.462. The fourth-order valence-corrected chi connectivity index (χ4v) is 1.87. The molecule has 0 saturated heterocycles. The van der Waals surface area contributed by atoms with Gasteiger partial charge >= 0.3 is 5.97 Å². The maximum Gasteiger partial charge on any atom is 0.337 e. The smallest absolute Gasteiger partial charge is 0.337 e. The Morgan fingerprint density at radius 1 is 1.47 bits per heavy atom. The summed E-state index contributed by atoms with van der Waals surface area (Å²) in [7, 11) is 1.87. The number of halogens is 1. The molecule has 0 bridgehead atoms. The van der Waals surface area contributed by atoms with E-state index in [1.807, 2.05) is 11.9 Å². The maximum atomic E-state index is 11.2. The number of carboxylic acids is 1. The van der Waals surface area contributed by atoms with E-state index in [0.29, 0.717) is 10.7 Å². The van der Waals surface area contributed by atoms with Crippen LogP contribution in [0.15, 0.2) is 18.2 Å². The van der Waals surface area contributed by atoms with Crippen molar-refractivity contribution in [2.24, 2.45) is 0 Å². The van der Waals surface area contributed by atoms with Crippen molar-refractivity contribution in [2.75, 3.05) is 11.9 Å². The minimum Gasteiger partial charge on any atom is -0.478 e. The van der Waals surface area contributed by atoms with Gasteiger partial charge in [-0.1, -0.05) is 24.6 Å². The molecule has 0 radical (unpaired) electrons. The van der Waals surface area contributed by atoms with Crippen molar-refractivity contribution in [3.05, 3.63) is 28.8 Å². The summed E-state index contributed by atoms with van der Waals surface area (Å²) < 4.78 is 0. The summed E-state index contributed by atoms with van der Waals surface area (Å²) >= 11 is 6.13. The lowest BCUT2D eigenvalue weighted by molar-refractivity contribution is 0.0697. The van der Waals surface area contributed by atoms with Gasteiger partial charge in [-0.25, -0.2) is 4.79 Å². The Hall–Kier alpha value is -1.22. The molecule has 0 aliphatic heterocycles. The number of rotatable bonds is 4. The summed E-state index contributed by atoms with van der Waals surface area (Å²) in [5, 5.41) is 9.66. The molecule has 0 saturated carbocycles. The SMILES string of the molecule is CCC(C)(C)N(C)c1c(Cl)cccc1C(=O)O. The zero-order valence-electron chi connectivity index (χ0n) is 10.6. The molecule has 0 spiro atoms. The van der Waals surface area contributed by atoms with Gasteiger partial charge in [-0.2, -0.15) is 0 Å². The molecule has 1 aromatic rings. The molecular formula is C13H18ClNO2. The first-order valence-corrected chi connectivity index (χ1v) is 5.94. The number of anilines is 1. The standard InChI is InChI=1S/C13H18ClNO2/c1-5-13(2,3)15(4)11-9(12(16)17)7-6-8-10(11)14/h6-8H,5H2,1-4H3,(H,16,17). The van der Waals surface area contributed by atoms with Crippen molar-refractivity contribution in [2.45, 2.75) is 32.7 Å². The Labute approximate surface area is 107 Å². The van der Waals surface area contributed by atoms with Crippen molar-refractivity contribution in [1.29, 1.82) is 0 Å². The highest BCUT2D eigenvalue weighted by atomic mass is 35.5. The molecule has 0 aliphatic carbocycles. The van der Waals surface area contributed by atoms with E-state index in [9.17, 15) is 9.90 Å². The quantitative estimate of drug-likeness (QED) is 0.893. The van der Waals surface area contributed by atoms with E-state index in [0.717, 1.165) is 6.42 Å². The van der Waals surface area contributed by atoms with Gasteiger partial charge in [0.2, 0.25) is 0 Å². The normalized spacial score (nSPS) is 11.4. The summed E-state index contributed by atoms with van der Waals surface area (Å²) in [6.07, 6.45) is 0.897. The molecule has 0 aromatic heterocycles. The predicted octanol–water partition coefficient (Wildman–Crippen LogP) is 3.66. The van der Waals surface area contributed by atoms with Crippen LogP contribution in [0, 0.1) is 0 Å². The van der Waals surface area contributed by atoms with E-state index in [-0.39, 0.29) is 11.1 Å². The summed E-state index contributed by atoms with van der Waals surface area (Å²) in [4.78, 5) is 13.1. The third-order valence-corrected chi connectivity index (χ3v) is 3.63. The Morgan fingerprint density at radius 3 is 2.53 bits per heavy atom. The Kier molecular flexibility index (Phi) is 4.04. The molecular weight excluding hydrogens is 238 g/mol. The third kappa shape index (κ3) is 2.72. The number of benzene rings is 1. The molecule has 0 atom stereocenters. The van der Waals surface area contributed by atoms with Gasteiger partial charge in [0.25, 0.3) is 0 Å². The topological polar surface area (TPSA) is 40.5 Å². The van der Waals surface area contributed by atoms with Gasteiger partial charge in [0.1, 0.15) is 0 Å². The number of hydrogen-bond acceptors (Lipinski definition) is 2. The van der Waals surface area contributed by atoms with Gasteiger partial charge in [-0.15, -0.1) is 0 Å². The van der Waals surface area contributed by atoms with E-state index < -0.39 is 5.97 Å². The largest absolute Gasteiger partial charge is 0.478 e. The molecule has 4 heteroatoms. The van der Waals surface area contributed by atoms with E-state index in [4.69, 9.17) is 11.6 Å². The van der Waals surface area contributed by atoms with Crippen LogP contribution in [0.5, 0.6) is 0 Å². The van der Waals surface area contributed by atoms with Gasteiger partial charge < -0.3 is 10.0 Å². The molecule has 0 fully saturated rings. The van der Waals surface area contributed by atoms with Crippen molar-refractivity contribution in [1.82, 2.24) is 0 Å². The van der Waals surface area contributed by atoms with Gasteiger partial charge in [0.15, 0.2) is 0 Å². The van der Waals surface area contributed by atoms with Crippen LogP contribution < -0.4 is 4.90 Å². The Morgan fingerprint density at radius 2 is 2.06 bits per heavy atom. The third-order valence-electron chi connectivity index (χ3n) is 3.33. The number of aromatic carboxylic acids is 1. The molecule has 0 unspecified atom stereocenters. The van der Waals surface area contributed by atoms with Gasteiger partial charge in [0.05, 0.1) is 16.3 Å². The highest BCUT2D eigenvalue weighted by molar-refractivity contribution is 6.34. The van der Waals surface area contributed by atoms with Crippen LogP contribution in [0.25, 0.3) is 0 Å². The lowest BCUT2D eigenvalue weighted by Crippen LogP contribution is -2.41. The van der Waals surface area contributed by atoms with Crippen LogP contribution in [-0.4, -0.2) is 23.7 Å². The fourth-order valence-electron chi connectivity index (χ4n) is 1.57. The van der Waals surface area contributed by atoms with Crippen molar-refractivity contribution < 1.29 is 9.90 Å². The van der Waals surface area contributed by atoms with E-state index in [1.165, 1.54) is 0 Å². The van der Waals surface area contributed by atoms with Crippen LogP contribution in [0.3, 0.4) is 0 Å². The summed E-state index contributed by atoms with van der Waals surface area (Å²) in [6, 6.07) is 4.94. The summed E-state index contributed by atoms with van der Waals surface area (Å²) in [5.41, 5.74) is 0.671. The molecule has 1 rings (SSSR count). The van der Waals surface area contributed by atoms with Crippen LogP contribution in [0.4, 0.5) is 5.69 Å².